The SMILES string of the molecule is O=C(CC(O)c1ccc(Cl)cc1)Nc1cccc(-c2ncc[nH]2)c1. The Kier molecular flexibility index (Phi) is 4.93. The number of aliphatic hydroxyl groups excluding tert-OH is 1. The highest BCUT2D eigenvalue weighted by Crippen LogP contribution is 2.22. The molecule has 3 aromatic rings. The van der Waals surface area contributed by atoms with Gasteiger partial charge >= 0.3 is 0 Å². The molecule has 0 saturated heterocycles. The summed E-state index contributed by atoms with van der Waals surface area (Å²) in [6.07, 6.45) is 2.49. The Labute approximate surface area is 144 Å². The second-order valence-electron chi connectivity index (χ2n) is 5.34. The molecule has 1 atom stereocenters. The van der Waals surface area contributed by atoms with Gasteiger partial charge in [0.25, 0.3) is 0 Å². The van der Waals surface area contributed by atoms with Gasteiger partial charge in [0.1, 0.15) is 5.82 Å². The van der Waals surface area contributed by atoms with E-state index in [0.717, 1.165) is 11.4 Å². The number of benzene rings is 2. The third-order valence-corrected chi connectivity index (χ3v) is 3.80. The van der Waals surface area contributed by atoms with E-state index >= 15 is 0 Å². The van der Waals surface area contributed by atoms with Crippen LogP contribution in [0.4, 0.5) is 5.69 Å². The van der Waals surface area contributed by atoms with Gasteiger partial charge in [0, 0.05) is 28.7 Å². The number of H-pyrrole nitrogens is 1. The number of anilines is 1. The topological polar surface area (TPSA) is 78.0 Å². The number of imidazole rings is 1. The molecule has 0 saturated carbocycles. The van der Waals surface area contributed by atoms with Crippen LogP contribution in [0.5, 0.6) is 0 Å². The molecule has 0 radical (unpaired) electrons. The molecule has 6 heteroatoms. The summed E-state index contributed by atoms with van der Waals surface area (Å²) in [5, 5.41) is 13.5. The Morgan fingerprint density at radius 3 is 2.75 bits per heavy atom. The van der Waals surface area contributed by atoms with Crippen molar-refractivity contribution < 1.29 is 9.90 Å². The van der Waals surface area contributed by atoms with Crippen molar-refractivity contribution in [1.29, 1.82) is 0 Å². The average Bonchev–Trinajstić information content (AvgIpc) is 3.10. The molecular weight excluding hydrogens is 326 g/mol. The molecule has 1 amide bonds. The molecule has 0 bridgehead atoms. The molecule has 0 aliphatic carbocycles. The van der Waals surface area contributed by atoms with E-state index in [1.165, 1.54) is 0 Å². The van der Waals surface area contributed by atoms with Crippen molar-refractivity contribution >= 4 is 23.2 Å². The lowest BCUT2D eigenvalue weighted by Gasteiger charge is -2.12. The summed E-state index contributed by atoms with van der Waals surface area (Å²) in [6.45, 7) is 0. The number of aliphatic hydroxyl groups is 1. The number of aromatic nitrogens is 2. The van der Waals surface area contributed by atoms with E-state index in [9.17, 15) is 9.90 Å². The first-order valence-electron chi connectivity index (χ1n) is 7.45. The van der Waals surface area contributed by atoms with Crippen molar-refractivity contribution in [3.63, 3.8) is 0 Å². The van der Waals surface area contributed by atoms with E-state index in [1.807, 2.05) is 18.2 Å². The third kappa shape index (κ3) is 4.01. The quantitative estimate of drug-likeness (QED) is 0.660. The predicted octanol–water partition coefficient (Wildman–Crippen LogP) is 3.79. The van der Waals surface area contributed by atoms with Crippen molar-refractivity contribution in [2.75, 3.05) is 5.32 Å². The smallest absolute Gasteiger partial charge is 0.227 e. The van der Waals surface area contributed by atoms with Crippen LogP contribution in [-0.2, 0) is 4.79 Å². The average molecular weight is 342 g/mol. The van der Waals surface area contributed by atoms with Crippen molar-refractivity contribution in [3.8, 4) is 11.4 Å². The third-order valence-electron chi connectivity index (χ3n) is 3.55. The lowest BCUT2D eigenvalue weighted by Crippen LogP contribution is -2.15. The predicted molar refractivity (Wildman–Crippen MR) is 93.7 cm³/mol. The number of hydrogen-bond acceptors (Lipinski definition) is 3. The number of nitrogens with zero attached hydrogens (tertiary/aromatic N) is 1. The zero-order chi connectivity index (χ0) is 16.9. The minimum Gasteiger partial charge on any atom is -0.388 e. The first-order chi connectivity index (χ1) is 11.6. The van der Waals surface area contributed by atoms with Crippen LogP contribution in [0, 0.1) is 0 Å². The summed E-state index contributed by atoms with van der Waals surface area (Å²) in [6, 6.07) is 14.1. The summed E-state index contributed by atoms with van der Waals surface area (Å²) in [7, 11) is 0. The van der Waals surface area contributed by atoms with E-state index in [2.05, 4.69) is 15.3 Å². The minimum absolute atomic E-state index is 0.0351. The number of nitrogens with one attached hydrogen (secondary N) is 2. The van der Waals surface area contributed by atoms with E-state index in [0.29, 0.717) is 16.3 Å². The molecule has 0 spiro atoms. The van der Waals surface area contributed by atoms with Gasteiger partial charge in [0.05, 0.1) is 12.5 Å². The highest BCUT2D eigenvalue weighted by Gasteiger charge is 2.13. The monoisotopic (exact) mass is 341 g/mol. The number of carbonyl (C=O) groups excluding carboxylic acids is 1. The molecule has 122 valence electrons. The molecule has 1 heterocycles. The molecule has 24 heavy (non-hydrogen) atoms. The van der Waals surface area contributed by atoms with Gasteiger partial charge in [-0.2, -0.15) is 0 Å². The summed E-state index contributed by atoms with van der Waals surface area (Å²) in [5.41, 5.74) is 2.17. The fraction of sp³-hybridized carbons (Fsp3) is 0.111. The highest BCUT2D eigenvalue weighted by molar-refractivity contribution is 6.30. The van der Waals surface area contributed by atoms with Crippen LogP contribution >= 0.6 is 11.6 Å². The van der Waals surface area contributed by atoms with Crippen LogP contribution in [0.3, 0.4) is 0 Å². The largest absolute Gasteiger partial charge is 0.388 e. The lowest BCUT2D eigenvalue weighted by atomic mass is 10.1. The van der Waals surface area contributed by atoms with Gasteiger partial charge in [-0.05, 0) is 29.8 Å². The number of halogens is 1. The molecule has 0 aliphatic heterocycles. The second-order valence-corrected chi connectivity index (χ2v) is 5.77. The van der Waals surface area contributed by atoms with Gasteiger partial charge in [0.2, 0.25) is 5.91 Å². The van der Waals surface area contributed by atoms with Gasteiger partial charge in [-0.3, -0.25) is 4.79 Å². The van der Waals surface area contributed by atoms with Gasteiger partial charge in [-0.15, -0.1) is 0 Å². The van der Waals surface area contributed by atoms with Crippen LogP contribution in [0.25, 0.3) is 11.4 Å². The fourth-order valence-corrected chi connectivity index (χ4v) is 2.48. The van der Waals surface area contributed by atoms with Crippen LogP contribution < -0.4 is 5.32 Å². The van der Waals surface area contributed by atoms with Crippen LogP contribution in [-0.4, -0.2) is 21.0 Å². The Morgan fingerprint density at radius 1 is 1.25 bits per heavy atom. The Hall–Kier alpha value is -2.63. The Morgan fingerprint density at radius 2 is 2.04 bits per heavy atom. The lowest BCUT2D eigenvalue weighted by molar-refractivity contribution is -0.118. The standard InChI is InChI=1S/C18H16ClN3O2/c19-14-6-4-12(5-7-14)16(23)11-17(24)22-15-3-1-2-13(10-15)18-20-8-9-21-18/h1-10,16,23H,11H2,(H,20,21)(H,22,24). The van der Waals surface area contributed by atoms with Gasteiger partial charge in [-0.1, -0.05) is 35.9 Å². The molecule has 3 rings (SSSR count). The van der Waals surface area contributed by atoms with Crippen molar-refractivity contribution in [2.45, 2.75) is 12.5 Å². The maximum Gasteiger partial charge on any atom is 0.227 e. The number of aromatic amines is 1. The summed E-state index contributed by atoms with van der Waals surface area (Å²) in [5.74, 6) is 0.460. The first kappa shape index (κ1) is 16.2. The molecule has 3 N–H and O–H groups in total. The minimum atomic E-state index is -0.879. The zero-order valence-corrected chi connectivity index (χ0v) is 13.5. The first-order valence-corrected chi connectivity index (χ1v) is 7.83. The molecule has 0 aliphatic rings. The number of rotatable bonds is 5. The summed E-state index contributed by atoms with van der Waals surface area (Å²) in [4.78, 5) is 19.3. The number of amides is 1. The molecule has 0 fully saturated rings. The van der Waals surface area contributed by atoms with Crippen LogP contribution in [0.1, 0.15) is 18.1 Å². The fourth-order valence-electron chi connectivity index (χ4n) is 2.36. The van der Waals surface area contributed by atoms with Gasteiger partial charge in [0.15, 0.2) is 0 Å². The molecule has 1 unspecified atom stereocenters. The number of hydrogen-bond donors (Lipinski definition) is 3. The summed E-state index contributed by atoms with van der Waals surface area (Å²) >= 11 is 5.82. The molecule has 1 aromatic heterocycles. The molecular formula is C18H16ClN3O2. The highest BCUT2D eigenvalue weighted by atomic mass is 35.5. The maximum atomic E-state index is 12.1. The van der Waals surface area contributed by atoms with Gasteiger partial charge < -0.3 is 15.4 Å². The molecule has 5 nitrogen and oxygen atoms in total. The molecule has 2 aromatic carbocycles. The zero-order valence-electron chi connectivity index (χ0n) is 12.7. The Bertz CT molecular complexity index is 817. The number of carbonyl (C=O) groups is 1. The maximum absolute atomic E-state index is 12.1. The van der Waals surface area contributed by atoms with E-state index < -0.39 is 6.10 Å². The van der Waals surface area contributed by atoms with Crippen LogP contribution in [0.2, 0.25) is 5.02 Å². The van der Waals surface area contributed by atoms with E-state index in [4.69, 9.17) is 11.6 Å². The Balaban J connectivity index is 1.64. The van der Waals surface area contributed by atoms with Crippen molar-refractivity contribution in [1.82, 2.24) is 9.97 Å². The van der Waals surface area contributed by atoms with Crippen molar-refractivity contribution in [3.05, 3.63) is 71.5 Å². The van der Waals surface area contributed by atoms with E-state index in [1.54, 1.807) is 42.7 Å². The van der Waals surface area contributed by atoms with Crippen molar-refractivity contribution in [2.24, 2.45) is 0 Å². The van der Waals surface area contributed by atoms with Gasteiger partial charge in [-0.25, -0.2) is 4.98 Å². The van der Waals surface area contributed by atoms with E-state index in [-0.39, 0.29) is 12.3 Å². The second kappa shape index (κ2) is 7.29. The van der Waals surface area contributed by atoms with Crippen LogP contribution in [0.15, 0.2) is 60.9 Å². The summed E-state index contributed by atoms with van der Waals surface area (Å²) < 4.78 is 0. The normalized spacial score (nSPS) is 11.9.